The predicted octanol–water partition coefficient (Wildman–Crippen LogP) is 4.22. The quantitative estimate of drug-likeness (QED) is 0.603. The van der Waals surface area contributed by atoms with Crippen molar-refractivity contribution in [3.05, 3.63) is 46.6 Å². The highest BCUT2D eigenvalue weighted by atomic mass is 16.5. The van der Waals surface area contributed by atoms with E-state index in [-0.39, 0.29) is 12.0 Å². The molecule has 2 aromatic rings. The Morgan fingerprint density at radius 2 is 2.11 bits per heavy atom. The maximum atomic E-state index is 9.70. The van der Waals surface area contributed by atoms with E-state index >= 15 is 0 Å². The van der Waals surface area contributed by atoms with Crippen LogP contribution >= 0.6 is 0 Å². The molecule has 2 heterocycles. The van der Waals surface area contributed by atoms with Gasteiger partial charge in [0, 0.05) is 17.3 Å². The maximum absolute atomic E-state index is 9.70. The molecule has 144 valence electrons. The number of hydrogen-bond donors (Lipinski definition) is 1. The second-order valence-electron chi connectivity index (χ2n) is 7.02. The third-order valence-corrected chi connectivity index (χ3v) is 4.74. The van der Waals surface area contributed by atoms with Gasteiger partial charge in [0.1, 0.15) is 6.61 Å². The van der Waals surface area contributed by atoms with Gasteiger partial charge in [0.25, 0.3) is 0 Å². The number of aromatic nitrogens is 2. The first-order valence-corrected chi connectivity index (χ1v) is 9.21. The van der Waals surface area contributed by atoms with Crippen molar-refractivity contribution < 1.29 is 9.47 Å². The fourth-order valence-corrected chi connectivity index (χ4v) is 3.42. The summed E-state index contributed by atoms with van der Waals surface area (Å²) in [4.78, 5) is 8.09. The van der Waals surface area contributed by atoms with Crippen molar-refractivity contribution in [1.29, 1.82) is 5.26 Å². The van der Waals surface area contributed by atoms with Crippen LogP contribution in [-0.4, -0.2) is 35.2 Å². The van der Waals surface area contributed by atoms with E-state index in [0.717, 1.165) is 22.2 Å². The van der Waals surface area contributed by atoms with Crippen LogP contribution in [-0.2, 0) is 4.74 Å². The zero-order chi connectivity index (χ0) is 20.3. The molecule has 0 saturated carbocycles. The summed E-state index contributed by atoms with van der Waals surface area (Å²) >= 11 is 0. The number of fused-ring (bicyclic) bond motifs is 1. The van der Waals surface area contributed by atoms with Crippen molar-refractivity contribution in [3.8, 4) is 11.9 Å². The molecule has 0 fully saturated rings. The van der Waals surface area contributed by atoms with Gasteiger partial charge in [0.2, 0.25) is 5.88 Å². The van der Waals surface area contributed by atoms with E-state index in [1.807, 2.05) is 45.9 Å². The third-order valence-electron chi connectivity index (χ3n) is 4.74. The Labute approximate surface area is 164 Å². The lowest BCUT2D eigenvalue weighted by molar-refractivity contribution is 0.0546. The number of aliphatic imine (C=N–C) groups is 1. The number of aromatic amines is 1. The molecule has 1 aliphatic rings. The summed E-state index contributed by atoms with van der Waals surface area (Å²) < 4.78 is 11.3. The van der Waals surface area contributed by atoms with Crippen LogP contribution in [0.4, 0.5) is 0 Å². The molecular weight excluding hydrogens is 354 g/mol. The van der Waals surface area contributed by atoms with Crippen molar-refractivity contribution in [1.82, 2.24) is 10.2 Å². The zero-order valence-electron chi connectivity index (χ0n) is 16.5. The van der Waals surface area contributed by atoms with Crippen LogP contribution in [0.2, 0.25) is 0 Å². The lowest BCUT2D eigenvalue weighted by atomic mass is 9.79. The molecule has 0 aliphatic carbocycles. The summed E-state index contributed by atoms with van der Waals surface area (Å²) in [7, 11) is 0. The van der Waals surface area contributed by atoms with Gasteiger partial charge in [-0.25, -0.2) is 4.85 Å². The summed E-state index contributed by atoms with van der Waals surface area (Å²) in [6.45, 7) is 16.1. The van der Waals surface area contributed by atoms with E-state index in [1.165, 1.54) is 0 Å². The monoisotopic (exact) mass is 377 g/mol. The van der Waals surface area contributed by atoms with Gasteiger partial charge in [-0.05, 0) is 45.4 Å². The van der Waals surface area contributed by atoms with E-state index in [9.17, 15) is 5.26 Å². The van der Waals surface area contributed by atoms with Gasteiger partial charge in [0.15, 0.2) is 5.70 Å². The van der Waals surface area contributed by atoms with Gasteiger partial charge in [-0.1, -0.05) is 6.07 Å². The molecule has 7 nitrogen and oxygen atoms in total. The standard InChI is InChI=1S/C21H23N5O2/c1-12(2)27-8-9-28-21-16-10-15(6-7-18(16)25-26-21)19-17(11-22)13(3)24-14(4)20(19)23-5/h6-7,10,12,17,19H,8-9H2,1-4H3,(H,25,26). The van der Waals surface area contributed by atoms with Gasteiger partial charge in [-0.3, -0.25) is 10.1 Å². The van der Waals surface area contributed by atoms with Gasteiger partial charge in [-0.15, -0.1) is 5.10 Å². The summed E-state index contributed by atoms with van der Waals surface area (Å²) in [5.74, 6) is -0.332. The molecule has 1 aliphatic heterocycles. The number of nitrogens with one attached hydrogen (secondary N) is 1. The average Bonchev–Trinajstić information content (AvgIpc) is 3.06. The summed E-state index contributed by atoms with van der Waals surface area (Å²) in [6, 6.07) is 8.10. The number of hydrogen-bond acceptors (Lipinski definition) is 5. The number of nitrogens with zero attached hydrogens (tertiary/aromatic N) is 4. The zero-order valence-corrected chi connectivity index (χ0v) is 16.5. The van der Waals surface area contributed by atoms with E-state index in [1.54, 1.807) is 0 Å². The molecule has 2 unspecified atom stereocenters. The van der Waals surface area contributed by atoms with Crippen LogP contribution < -0.4 is 4.74 Å². The molecule has 0 saturated heterocycles. The lowest BCUT2D eigenvalue weighted by Gasteiger charge is -2.26. The molecule has 1 aromatic carbocycles. The largest absolute Gasteiger partial charge is 0.474 e. The third kappa shape index (κ3) is 3.76. The van der Waals surface area contributed by atoms with Crippen LogP contribution in [0.5, 0.6) is 5.88 Å². The minimum absolute atomic E-state index is 0.146. The molecule has 0 radical (unpaired) electrons. The van der Waals surface area contributed by atoms with Gasteiger partial charge < -0.3 is 9.47 Å². The molecule has 0 spiro atoms. The van der Waals surface area contributed by atoms with Crippen LogP contribution in [0, 0.1) is 23.8 Å². The highest BCUT2D eigenvalue weighted by Gasteiger charge is 2.34. The van der Waals surface area contributed by atoms with E-state index in [0.29, 0.717) is 30.5 Å². The molecule has 7 heteroatoms. The molecule has 0 bridgehead atoms. The number of rotatable bonds is 6. The molecule has 1 aromatic heterocycles. The second kappa shape index (κ2) is 8.24. The predicted molar refractivity (Wildman–Crippen MR) is 107 cm³/mol. The lowest BCUT2D eigenvalue weighted by Crippen LogP contribution is -2.24. The highest BCUT2D eigenvalue weighted by molar-refractivity contribution is 5.91. The Hall–Kier alpha value is -3.16. The average molecular weight is 377 g/mol. The van der Waals surface area contributed by atoms with Crippen molar-refractivity contribution >= 4 is 16.6 Å². The second-order valence-corrected chi connectivity index (χ2v) is 7.02. The van der Waals surface area contributed by atoms with Crippen molar-refractivity contribution in [2.45, 2.75) is 39.7 Å². The number of H-pyrrole nitrogens is 1. The first kappa shape index (κ1) is 19.6. The Balaban J connectivity index is 1.95. The number of allylic oxidation sites excluding steroid dienone is 2. The summed E-state index contributed by atoms with van der Waals surface area (Å²) in [5, 5.41) is 17.7. The van der Waals surface area contributed by atoms with Gasteiger partial charge >= 0.3 is 0 Å². The maximum Gasteiger partial charge on any atom is 0.240 e. The molecular formula is C21H23N5O2. The van der Waals surface area contributed by atoms with Crippen LogP contribution in [0.3, 0.4) is 0 Å². The Kier molecular flexibility index (Phi) is 5.77. The van der Waals surface area contributed by atoms with Crippen molar-refractivity contribution in [3.63, 3.8) is 0 Å². The number of benzene rings is 1. The summed E-state index contributed by atoms with van der Waals surface area (Å²) in [6.07, 6.45) is 0.146. The Morgan fingerprint density at radius 1 is 1.32 bits per heavy atom. The Morgan fingerprint density at radius 3 is 2.79 bits per heavy atom. The molecule has 2 atom stereocenters. The smallest absolute Gasteiger partial charge is 0.240 e. The first-order chi connectivity index (χ1) is 13.5. The molecule has 1 N–H and O–H groups in total. The minimum Gasteiger partial charge on any atom is -0.474 e. The molecule has 3 rings (SSSR count). The molecule has 28 heavy (non-hydrogen) atoms. The van der Waals surface area contributed by atoms with E-state index in [4.69, 9.17) is 16.0 Å². The highest BCUT2D eigenvalue weighted by Crippen LogP contribution is 2.40. The topological polar surface area (TPSA) is 87.7 Å². The fraction of sp³-hybridized carbons (Fsp3) is 0.429. The SMILES string of the molecule is [C-]#[N+]C1=C(C)N=C(C)C(C#N)C1c1ccc2[nH]nc(OCCOC(C)C)c2c1. The Bertz CT molecular complexity index is 1020. The van der Waals surface area contributed by atoms with Crippen molar-refractivity contribution in [2.75, 3.05) is 13.2 Å². The minimum atomic E-state index is -0.471. The van der Waals surface area contributed by atoms with Crippen LogP contribution in [0.15, 0.2) is 34.6 Å². The van der Waals surface area contributed by atoms with Crippen LogP contribution in [0.25, 0.3) is 15.7 Å². The number of nitriles is 1. The normalized spacial score (nSPS) is 19.5. The van der Waals surface area contributed by atoms with Crippen molar-refractivity contribution in [2.24, 2.45) is 10.9 Å². The van der Waals surface area contributed by atoms with Crippen LogP contribution in [0.1, 0.15) is 39.2 Å². The van der Waals surface area contributed by atoms with Gasteiger partial charge in [-0.2, -0.15) is 5.26 Å². The summed E-state index contributed by atoms with van der Waals surface area (Å²) in [5.41, 5.74) is 3.62. The number of ether oxygens (including phenoxy) is 2. The fourth-order valence-electron chi connectivity index (χ4n) is 3.42. The van der Waals surface area contributed by atoms with E-state index < -0.39 is 5.92 Å². The first-order valence-electron chi connectivity index (χ1n) is 9.21. The van der Waals surface area contributed by atoms with E-state index in [2.05, 4.69) is 26.1 Å². The molecule has 0 amide bonds. The van der Waals surface area contributed by atoms with Gasteiger partial charge in [0.05, 0.1) is 42.2 Å².